The normalized spacial score (nSPS) is 20.4. The molecular formula is C21H31NO4. The maximum atomic E-state index is 5.89. The predicted molar refractivity (Wildman–Crippen MR) is 101 cm³/mol. The Kier molecular flexibility index (Phi) is 8.37. The second kappa shape index (κ2) is 10.5. The molecule has 1 aliphatic carbocycles. The second-order valence-electron chi connectivity index (χ2n) is 7.20. The molecule has 1 aliphatic rings. The van der Waals surface area contributed by atoms with Gasteiger partial charge in [-0.2, -0.15) is 0 Å². The van der Waals surface area contributed by atoms with Crippen LogP contribution in [0.5, 0.6) is 5.75 Å². The third kappa shape index (κ3) is 7.74. The second-order valence-corrected chi connectivity index (χ2v) is 7.20. The van der Waals surface area contributed by atoms with Crippen molar-refractivity contribution in [3.05, 3.63) is 24.0 Å². The zero-order valence-electron chi connectivity index (χ0n) is 16.5. The Morgan fingerprint density at radius 2 is 1.81 bits per heavy atom. The van der Waals surface area contributed by atoms with Crippen molar-refractivity contribution < 1.29 is 18.9 Å². The van der Waals surface area contributed by atoms with E-state index in [0.717, 1.165) is 18.6 Å². The van der Waals surface area contributed by atoms with Crippen LogP contribution in [0.2, 0.25) is 0 Å². The highest BCUT2D eigenvalue weighted by Gasteiger charge is 2.32. The SMILES string of the molecule is CC(C)OCC(C)OCC#Cc1ccc(OC2CC(OC(C)C)C2)cn1. The van der Waals surface area contributed by atoms with E-state index in [1.165, 1.54) is 0 Å². The number of hydrogen-bond donors (Lipinski definition) is 0. The van der Waals surface area contributed by atoms with Crippen LogP contribution < -0.4 is 4.74 Å². The van der Waals surface area contributed by atoms with E-state index in [4.69, 9.17) is 18.9 Å². The molecule has 0 aromatic carbocycles. The largest absolute Gasteiger partial charge is 0.489 e. The Balaban J connectivity index is 1.67. The topological polar surface area (TPSA) is 49.8 Å². The Hall–Kier alpha value is -1.61. The standard InChI is InChI=1S/C21H31NO4/c1-15(2)24-14-17(5)23-10-6-7-18-8-9-19(13-22-18)26-21-11-20(12-21)25-16(3)4/h8-9,13,15-17,20-21H,10-12,14H2,1-5H3. The molecule has 1 unspecified atom stereocenters. The van der Waals surface area contributed by atoms with Crippen molar-refractivity contribution in [1.29, 1.82) is 0 Å². The Morgan fingerprint density at radius 3 is 2.42 bits per heavy atom. The lowest BCUT2D eigenvalue weighted by molar-refractivity contribution is -0.0850. The van der Waals surface area contributed by atoms with Crippen LogP contribution in [0.25, 0.3) is 0 Å². The van der Waals surface area contributed by atoms with Crippen LogP contribution in [0, 0.1) is 11.8 Å². The van der Waals surface area contributed by atoms with E-state index >= 15 is 0 Å². The molecule has 0 aliphatic heterocycles. The molecule has 5 heteroatoms. The lowest BCUT2D eigenvalue weighted by Crippen LogP contribution is -2.40. The van der Waals surface area contributed by atoms with Gasteiger partial charge in [0.1, 0.15) is 24.2 Å². The van der Waals surface area contributed by atoms with E-state index in [0.29, 0.717) is 25.0 Å². The van der Waals surface area contributed by atoms with Crippen LogP contribution in [0.3, 0.4) is 0 Å². The van der Waals surface area contributed by atoms with Gasteiger partial charge in [-0.3, -0.25) is 0 Å². The fourth-order valence-corrected chi connectivity index (χ4v) is 2.51. The molecule has 0 spiro atoms. The van der Waals surface area contributed by atoms with Gasteiger partial charge in [0.2, 0.25) is 0 Å². The highest BCUT2D eigenvalue weighted by atomic mass is 16.5. The molecule has 0 radical (unpaired) electrons. The fraction of sp³-hybridized carbons (Fsp3) is 0.667. The average Bonchev–Trinajstić information content (AvgIpc) is 2.56. The summed E-state index contributed by atoms with van der Waals surface area (Å²) in [7, 11) is 0. The van der Waals surface area contributed by atoms with Crippen LogP contribution in [-0.2, 0) is 14.2 Å². The molecule has 1 atom stereocenters. The molecule has 0 saturated heterocycles. The van der Waals surface area contributed by atoms with E-state index in [9.17, 15) is 0 Å². The monoisotopic (exact) mass is 361 g/mol. The Labute approximate surface area is 157 Å². The van der Waals surface area contributed by atoms with E-state index < -0.39 is 0 Å². The summed E-state index contributed by atoms with van der Waals surface area (Å²) in [6.45, 7) is 11.1. The molecule has 1 saturated carbocycles. The minimum Gasteiger partial charge on any atom is -0.489 e. The van der Waals surface area contributed by atoms with Crippen molar-refractivity contribution >= 4 is 0 Å². The van der Waals surface area contributed by atoms with Gasteiger partial charge >= 0.3 is 0 Å². The van der Waals surface area contributed by atoms with Crippen molar-refractivity contribution in [2.45, 2.75) is 78.0 Å². The Morgan fingerprint density at radius 1 is 1.04 bits per heavy atom. The van der Waals surface area contributed by atoms with E-state index in [2.05, 4.69) is 30.7 Å². The number of hydrogen-bond acceptors (Lipinski definition) is 5. The third-order valence-corrected chi connectivity index (χ3v) is 3.88. The smallest absolute Gasteiger partial charge is 0.138 e. The minimum absolute atomic E-state index is 0.0291. The molecule has 0 amide bonds. The average molecular weight is 361 g/mol. The minimum atomic E-state index is 0.0291. The molecule has 1 aromatic rings. The van der Waals surface area contributed by atoms with Gasteiger partial charge in [-0.05, 0) is 52.7 Å². The highest BCUT2D eigenvalue weighted by molar-refractivity contribution is 5.31. The van der Waals surface area contributed by atoms with Crippen molar-refractivity contribution in [3.8, 4) is 17.6 Å². The number of pyridine rings is 1. The van der Waals surface area contributed by atoms with Crippen LogP contribution in [0.1, 0.15) is 53.2 Å². The number of aromatic nitrogens is 1. The van der Waals surface area contributed by atoms with Crippen molar-refractivity contribution in [1.82, 2.24) is 4.98 Å². The molecule has 2 rings (SSSR count). The highest BCUT2D eigenvalue weighted by Crippen LogP contribution is 2.28. The maximum Gasteiger partial charge on any atom is 0.138 e. The molecule has 144 valence electrons. The number of rotatable bonds is 9. The van der Waals surface area contributed by atoms with Gasteiger partial charge in [0.05, 0.1) is 37.2 Å². The van der Waals surface area contributed by atoms with Gasteiger partial charge < -0.3 is 18.9 Å². The Bertz CT molecular complexity index is 582. The summed E-state index contributed by atoms with van der Waals surface area (Å²) in [5.74, 6) is 6.76. The first-order chi connectivity index (χ1) is 12.4. The summed E-state index contributed by atoms with van der Waals surface area (Å²) in [5.41, 5.74) is 0.710. The summed E-state index contributed by atoms with van der Waals surface area (Å²) >= 11 is 0. The van der Waals surface area contributed by atoms with Crippen molar-refractivity contribution in [2.24, 2.45) is 0 Å². The predicted octanol–water partition coefficient (Wildman–Crippen LogP) is 3.60. The summed E-state index contributed by atoms with van der Waals surface area (Å²) < 4.78 is 22.7. The molecule has 1 aromatic heterocycles. The number of ether oxygens (including phenoxy) is 4. The molecule has 26 heavy (non-hydrogen) atoms. The molecule has 0 N–H and O–H groups in total. The van der Waals surface area contributed by atoms with Gasteiger partial charge in [-0.25, -0.2) is 4.98 Å². The molecule has 5 nitrogen and oxygen atoms in total. The molecule has 1 fully saturated rings. The molecule has 1 heterocycles. The van der Waals surface area contributed by atoms with Crippen LogP contribution in [0.15, 0.2) is 18.3 Å². The van der Waals surface area contributed by atoms with Gasteiger partial charge in [0.25, 0.3) is 0 Å². The van der Waals surface area contributed by atoms with Gasteiger partial charge in [0, 0.05) is 12.8 Å². The first-order valence-corrected chi connectivity index (χ1v) is 9.42. The fourth-order valence-electron chi connectivity index (χ4n) is 2.51. The van der Waals surface area contributed by atoms with Crippen LogP contribution in [0.4, 0.5) is 0 Å². The van der Waals surface area contributed by atoms with Crippen molar-refractivity contribution in [2.75, 3.05) is 13.2 Å². The van der Waals surface area contributed by atoms with E-state index in [1.54, 1.807) is 6.20 Å². The van der Waals surface area contributed by atoms with Gasteiger partial charge in [-0.1, -0.05) is 5.92 Å². The van der Waals surface area contributed by atoms with Crippen molar-refractivity contribution in [3.63, 3.8) is 0 Å². The first-order valence-electron chi connectivity index (χ1n) is 9.42. The van der Waals surface area contributed by atoms with Gasteiger partial charge in [0.15, 0.2) is 0 Å². The molecular weight excluding hydrogens is 330 g/mol. The van der Waals surface area contributed by atoms with Crippen LogP contribution >= 0.6 is 0 Å². The van der Waals surface area contributed by atoms with Gasteiger partial charge in [-0.15, -0.1) is 0 Å². The lowest BCUT2D eigenvalue weighted by atomic mass is 9.92. The summed E-state index contributed by atoms with van der Waals surface area (Å²) in [6, 6.07) is 3.78. The summed E-state index contributed by atoms with van der Waals surface area (Å²) in [6.07, 6.45) is 4.67. The maximum absolute atomic E-state index is 5.89. The van der Waals surface area contributed by atoms with Crippen LogP contribution in [-0.4, -0.2) is 48.7 Å². The summed E-state index contributed by atoms with van der Waals surface area (Å²) in [4.78, 5) is 4.32. The summed E-state index contributed by atoms with van der Waals surface area (Å²) in [5, 5.41) is 0. The lowest BCUT2D eigenvalue weighted by Gasteiger charge is -2.36. The third-order valence-electron chi connectivity index (χ3n) is 3.88. The number of nitrogens with zero attached hydrogens (tertiary/aromatic N) is 1. The first kappa shape index (κ1) is 20.7. The zero-order chi connectivity index (χ0) is 18.9. The van der Waals surface area contributed by atoms with E-state index in [-0.39, 0.29) is 24.4 Å². The van der Waals surface area contributed by atoms with E-state index in [1.807, 2.05) is 32.9 Å². The molecule has 0 bridgehead atoms. The zero-order valence-corrected chi connectivity index (χ0v) is 16.5. The quantitative estimate of drug-likeness (QED) is 0.629.